The molecule has 0 unspecified atom stereocenters. The van der Waals surface area contributed by atoms with Gasteiger partial charge in [0.15, 0.2) is 0 Å². The van der Waals surface area contributed by atoms with Crippen LogP contribution in [0.15, 0.2) is 48.5 Å². The summed E-state index contributed by atoms with van der Waals surface area (Å²) in [6.07, 6.45) is 0. The number of rotatable bonds is 8. The fourth-order valence-electron chi connectivity index (χ4n) is 2.08. The van der Waals surface area contributed by atoms with Crippen LogP contribution in [-0.4, -0.2) is 25.7 Å². The van der Waals surface area contributed by atoms with E-state index in [1.165, 1.54) is 0 Å². The number of amides is 1. The number of hydrogen-bond acceptors (Lipinski definition) is 4. The molecule has 0 heterocycles. The van der Waals surface area contributed by atoms with Crippen molar-refractivity contribution in [2.45, 2.75) is 13.8 Å². The fourth-order valence-corrected chi connectivity index (χ4v) is 2.08. The largest absolute Gasteiger partial charge is 0.494 e. The Hall–Kier alpha value is -2.69. The van der Waals surface area contributed by atoms with Gasteiger partial charge in [0.05, 0.1) is 25.4 Å². The summed E-state index contributed by atoms with van der Waals surface area (Å²) in [5.74, 6) is 1.40. The SMILES string of the molecule is CCOc1ccc(NC(=O)CNc2ccccc2OCC)cc1. The van der Waals surface area contributed by atoms with Gasteiger partial charge in [-0.05, 0) is 50.2 Å². The Bertz CT molecular complexity index is 626. The molecule has 2 N–H and O–H groups in total. The smallest absolute Gasteiger partial charge is 0.243 e. The van der Waals surface area contributed by atoms with Gasteiger partial charge in [-0.2, -0.15) is 0 Å². The molecule has 2 aromatic carbocycles. The van der Waals surface area contributed by atoms with E-state index in [0.717, 1.165) is 22.9 Å². The predicted octanol–water partition coefficient (Wildman–Crippen LogP) is 3.53. The molecule has 23 heavy (non-hydrogen) atoms. The summed E-state index contributed by atoms with van der Waals surface area (Å²) in [6, 6.07) is 14.8. The van der Waals surface area contributed by atoms with Gasteiger partial charge in [0.1, 0.15) is 11.5 Å². The van der Waals surface area contributed by atoms with Gasteiger partial charge < -0.3 is 20.1 Å². The number of carbonyl (C=O) groups is 1. The summed E-state index contributed by atoms with van der Waals surface area (Å²) >= 11 is 0. The third kappa shape index (κ3) is 5.21. The quantitative estimate of drug-likeness (QED) is 0.782. The molecule has 0 bridgehead atoms. The lowest BCUT2D eigenvalue weighted by molar-refractivity contribution is -0.114. The average molecular weight is 314 g/mol. The van der Waals surface area contributed by atoms with Gasteiger partial charge in [0, 0.05) is 5.69 Å². The minimum atomic E-state index is -0.125. The first kappa shape index (κ1) is 16.7. The molecule has 0 spiro atoms. The molecule has 0 aliphatic rings. The second kappa shape index (κ2) is 8.68. The molecule has 2 rings (SSSR count). The Balaban J connectivity index is 1.87. The average Bonchev–Trinajstić information content (AvgIpc) is 2.56. The van der Waals surface area contributed by atoms with Crippen LogP contribution in [0.4, 0.5) is 11.4 Å². The van der Waals surface area contributed by atoms with Crippen molar-refractivity contribution in [3.05, 3.63) is 48.5 Å². The lowest BCUT2D eigenvalue weighted by atomic mass is 10.3. The number of para-hydroxylation sites is 2. The van der Waals surface area contributed by atoms with E-state index >= 15 is 0 Å². The lowest BCUT2D eigenvalue weighted by Crippen LogP contribution is -2.22. The van der Waals surface area contributed by atoms with Crippen molar-refractivity contribution in [2.75, 3.05) is 30.4 Å². The summed E-state index contributed by atoms with van der Waals surface area (Å²) in [5.41, 5.74) is 1.54. The molecular weight excluding hydrogens is 292 g/mol. The number of nitrogens with one attached hydrogen (secondary N) is 2. The van der Waals surface area contributed by atoms with Gasteiger partial charge >= 0.3 is 0 Å². The molecule has 0 radical (unpaired) electrons. The van der Waals surface area contributed by atoms with Crippen molar-refractivity contribution >= 4 is 17.3 Å². The first-order valence-electron chi connectivity index (χ1n) is 7.71. The van der Waals surface area contributed by atoms with Crippen molar-refractivity contribution in [1.29, 1.82) is 0 Å². The molecule has 0 aliphatic heterocycles. The predicted molar refractivity (Wildman–Crippen MR) is 92.3 cm³/mol. The van der Waals surface area contributed by atoms with Gasteiger partial charge in [-0.3, -0.25) is 4.79 Å². The van der Waals surface area contributed by atoms with Crippen LogP contribution in [0.25, 0.3) is 0 Å². The normalized spacial score (nSPS) is 10.0. The number of hydrogen-bond donors (Lipinski definition) is 2. The van der Waals surface area contributed by atoms with E-state index in [2.05, 4.69) is 10.6 Å². The monoisotopic (exact) mass is 314 g/mol. The molecule has 0 atom stereocenters. The van der Waals surface area contributed by atoms with Crippen LogP contribution in [0.5, 0.6) is 11.5 Å². The van der Waals surface area contributed by atoms with Crippen molar-refractivity contribution < 1.29 is 14.3 Å². The van der Waals surface area contributed by atoms with E-state index in [0.29, 0.717) is 13.2 Å². The molecule has 0 aliphatic carbocycles. The Labute approximate surface area is 136 Å². The second-order valence-electron chi connectivity index (χ2n) is 4.79. The highest BCUT2D eigenvalue weighted by Crippen LogP contribution is 2.23. The van der Waals surface area contributed by atoms with Crippen LogP contribution in [0.2, 0.25) is 0 Å². The van der Waals surface area contributed by atoms with E-state index < -0.39 is 0 Å². The zero-order chi connectivity index (χ0) is 16.5. The third-order valence-corrected chi connectivity index (χ3v) is 3.08. The van der Waals surface area contributed by atoms with E-state index in [-0.39, 0.29) is 12.5 Å². The van der Waals surface area contributed by atoms with Crippen LogP contribution < -0.4 is 20.1 Å². The number of carbonyl (C=O) groups excluding carboxylic acids is 1. The van der Waals surface area contributed by atoms with Crippen LogP contribution >= 0.6 is 0 Å². The van der Waals surface area contributed by atoms with Gasteiger partial charge in [-0.25, -0.2) is 0 Å². The number of anilines is 2. The zero-order valence-corrected chi connectivity index (χ0v) is 13.5. The summed E-state index contributed by atoms with van der Waals surface area (Å²) < 4.78 is 10.9. The maximum absolute atomic E-state index is 12.0. The molecule has 0 saturated carbocycles. The van der Waals surface area contributed by atoms with Crippen LogP contribution in [0.1, 0.15) is 13.8 Å². The third-order valence-electron chi connectivity index (χ3n) is 3.08. The molecule has 2 aromatic rings. The molecule has 122 valence electrons. The fraction of sp³-hybridized carbons (Fsp3) is 0.278. The minimum Gasteiger partial charge on any atom is -0.494 e. The topological polar surface area (TPSA) is 59.6 Å². The van der Waals surface area contributed by atoms with Crippen LogP contribution in [0, 0.1) is 0 Å². The second-order valence-corrected chi connectivity index (χ2v) is 4.79. The zero-order valence-electron chi connectivity index (χ0n) is 13.5. The van der Waals surface area contributed by atoms with Crippen molar-refractivity contribution in [2.24, 2.45) is 0 Å². The van der Waals surface area contributed by atoms with Crippen LogP contribution in [0.3, 0.4) is 0 Å². The van der Waals surface area contributed by atoms with Crippen molar-refractivity contribution in [1.82, 2.24) is 0 Å². The molecule has 1 amide bonds. The van der Waals surface area contributed by atoms with Crippen LogP contribution in [-0.2, 0) is 4.79 Å². The van der Waals surface area contributed by atoms with E-state index in [4.69, 9.17) is 9.47 Å². The molecule has 5 heteroatoms. The first-order valence-corrected chi connectivity index (χ1v) is 7.71. The molecule has 0 saturated heterocycles. The summed E-state index contributed by atoms with van der Waals surface area (Å²) in [7, 11) is 0. The highest BCUT2D eigenvalue weighted by Gasteiger charge is 2.06. The highest BCUT2D eigenvalue weighted by molar-refractivity contribution is 5.94. The molecule has 0 aromatic heterocycles. The number of benzene rings is 2. The highest BCUT2D eigenvalue weighted by atomic mass is 16.5. The maximum atomic E-state index is 12.0. The Morgan fingerprint density at radius 2 is 1.65 bits per heavy atom. The van der Waals surface area contributed by atoms with Gasteiger partial charge in [0.25, 0.3) is 0 Å². The maximum Gasteiger partial charge on any atom is 0.243 e. The first-order chi connectivity index (χ1) is 11.2. The minimum absolute atomic E-state index is 0.125. The van der Waals surface area contributed by atoms with Gasteiger partial charge in [0.2, 0.25) is 5.91 Å². The summed E-state index contributed by atoms with van der Waals surface area (Å²) in [5, 5.41) is 5.92. The van der Waals surface area contributed by atoms with E-state index in [1.807, 2.05) is 62.4 Å². The Morgan fingerprint density at radius 1 is 0.957 bits per heavy atom. The lowest BCUT2D eigenvalue weighted by Gasteiger charge is -2.12. The van der Waals surface area contributed by atoms with Crippen molar-refractivity contribution in [3.63, 3.8) is 0 Å². The van der Waals surface area contributed by atoms with Gasteiger partial charge in [-0.1, -0.05) is 12.1 Å². The molecular formula is C18H22N2O3. The molecule has 0 fully saturated rings. The Morgan fingerprint density at radius 3 is 2.35 bits per heavy atom. The van der Waals surface area contributed by atoms with Crippen molar-refractivity contribution in [3.8, 4) is 11.5 Å². The standard InChI is InChI=1S/C18H22N2O3/c1-3-22-15-11-9-14(10-12-15)20-18(21)13-19-16-7-5-6-8-17(16)23-4-2/h5-12,19H,3-4,13H2,1-2H3,(H,20,21). The Kier molecular flexibility index (Phi) is 6.29. The summed E-state index contributed by atoms with van der Waals surface area (Å²) in [4.78, 5) is 12.0. The summed E-state index contributed by atoms with van der Waals surface area (Å²) in [6.45, 7) is 5.22. The van der Waals surface area contributed by atoms with Gasteiger partial charge in [-0.15, -0.1) is 0 Å². The van der Waals surface area contributed by atoms with E-state index in [1.54, 1.807) is 0 Å². The van der Waals surface area contributed by atoms with E-state index in [9.17, 15) is 4.79 Å². The molecule has 5 nitrogen and oxygen atoms in total. The number of ether oxygens (including phenoxy) is 2.